The number of hydrogen-bond donors (Lipinski definition) is 1. The molecule has 0 bridgehead atoms. The normalized spacial score (nSPS) is 10.8. The summed E-state index contributed by atoms with van der Waals surface area (Å²) in [5.74, 6) is 1.62. The summed E-state index contributed by atoms with van der Waals surface area (Å²) < 4.78 is 24.9. The van der Waals surface area contributed by atoms with Gasteiger partial charge in [0, 0.05) is 27.1 Å². The summed E-state index contributed by atoms with van der Waals surface area (Å²) in [5.41, 5.74) is 6.45. The molecular formula is C28H25BrN4O5. The molecule has 2 aromatic carbocycles. The van der Waals surface area contributed by atoms with Crippen molar-refractivity contribution in [3.8, 4) is 29.0 Å². The van der Waals surface area contributed by atoms with E-state index in [-0.39, 0.29) is 19.0 Å². The average Bonchev–Trinajstić information content (AvgIpc) is 3.53. The molecule has 38 heavy (non-hydrogen) atoms. The maximum absolute atomic E-state index is 12.5. The standard InChI is InChI=1S/C28H25BrN4O5/c1-18-4-5-19(2)33(18)21-6-8-22(9-7-21)37-17-23-10-11-25(38-23)28(34)32-31-16-20-14-26(35-3)27(15-24(20)29)36-13-12-30/h4-11,14-16H,13,17H2,1-3H3,(H,32,34)/b31-16+. The number of ether oxygens (including phenoxy) is 3. The number of nitrogens with one attached hydrogen (secondary N) is 1. The first-order chi connectivity index (χ1) is 18.4. The van der Waals surface area contributed by atoms with Gasteiger partial charge in [-0.1, -0.05) is 0 Å². The highest BCUT2D eigenvalue weighted by Gasteiger charge is 2.13. The summed E-state index contributed by atoms with van der Waals surface area (Å²) in [6.07, 6.45) is 1.45. The molecule has 0 aliphatic rings. The molecule has 0 atom stereocenters. The van der Waals surface area contributed by atoms with Gasteiger partial charge in [0.25, 0.3) is 0 Å². The SMILES string of the molecule is COc1cc(/C=N/NC(=O)c2ccc(COc3ccc(-n4c(C)ccc4C)cc3)o2)c(Br)cc1OCC#N. The Kier molecular flexibility index (Phi) is 8.51. The quantitative estimate of drug-likeness (QED) is 0.191. The van der Waals surface area contributed by atoms with Gasteiger partial charge in [-0.05, 0) is 90.4 Å². The van der Waals surface area contributed by atoms with Gasteiger partial charge in [0.2, 0.25) is 0 Å². The Balaban J connectivity index is 1.32. The number of aryl methyl sites for hydroxylation is 2. The van der Waals surface area contributed by atoms with Crippen molar-refractivity contribution < 1.29 is 23.4 Å². The largest absolute Gasteiger partial charge is 0.493 e. The predicted molar refractivity (Wildman–Crippen MR) is 145 cm³/mol. The molecule has 2 heterocycles. The highest BCUT2D eigenvalue weighted by molar-refractivity contribution is 9.10. The second kappa shape index (κ2) is 12.2. The number of hydrazone groups is 1. The first-order valence-corrected chi connectivity index (χ1v) is 12.4. The van der Waals surface area contributed by atoms with Gasteiger partial charge in [0.1, 0.15) is 24.2 Å². The Hall–Kier alpha value is -4.49. The number of nitrogens with zero attached hydrogens (tertiary/aromatic N) is 3. The van der Waals surface area contributed by atoms with Gasteiger partial charge in [0.15, 0.2) is 23.9 Å². The molecule has 0 aliphatic carbocycles. The van der Waals surface area contributed by atoms with Gasteiger partial charge in [-0.25, -0.2) is 5.43 Å². The van der Waals surface area contributed by atoms with Gasteiger partial charge >= 0.3 is 5.91 Å². The van der Waals surface area contributed by atoms with Gasteiger partial charge in [0.05, 0.1) is 13.3 Å². The second-order valence-electron chi connectivity index (χ2n) is 8.17. The van der Waals surface area contributed by atoms with Crippen LogP contribution in [0.2, 0.25) is 0 Å². The Labute approximate surface area is 228 Å². The third kappa shape index (κ3) is 6.25. The molecule has 0 saturated carbocycles. The monoisotopic (exact) mass is 576 g/mol. The molecule has 0 fully saturated rings. The second-order valence-corrected chi connectivity index (χ2v) is 9.02. The topological polar surface area (TPSA) is 111 Å². The van der Waals surface area contributed by atoms with Gasteiger partial charge in [-0.2, -0.15) is 10.4 Å². The van der Waals surface area contributed by atoms with Crippen molar-refractivity contribution in [2.75, 3.05) is 13.7 Å². The van der Waals surface area contributed by atoms with Crippen LogP contribution in [0.1, 0.15) is 33.3 Å². The van der Waals surface area contributed by atoms with Crippen LogP contribution in [0.3, 0.4) is 0 Å². The summed E-state index contributed by atoms with van der Waals surface area (Å²) in [6, 6.07) is 20.4. The van der Waals surface area contributed by atoms with E-state index < -0.39 is 5.91 Å². The number of rotatable bonds is 10. The highest BCUT2D eigenvalue weighted by atomic mass is 79.9. The average molecular weight is 577 g/mol. The van der Waals surface area contributed by atoms with Crippen molar-refractivity contribution in [1.29, 1.82) is 5.26 Å². The lowest BCUT2D eigenvalue weighted by Crippen LogP contribution is -2.16. The fourth-order valence-electron chi connectivity index (χ4n) is 3.75. The molecule has 9 nitrogen and oxygen atoms in total. The Morgan fingerprint density at radius 2 is 1.82 bits per heavy atom. The molecular weight excluding hydrogens is 552 g/mol. The van der Waals surface area contributed by atoms with Gasteiger partial charge in [-0.3, -0.25) is 4.79 Å². The number of aromatic nitrogens is 1. The van der Waals surface area contributed by atoms with Crippen LogP contribution in [0.25, 0.3) is 5.69 Å². The Morgan fingerprint density at radius 3 is 2.50 bits per heavy atom. The van der Waals surface area contributed by atoms with Crippen LogP contribution >= 0.6 is 15.9 Å². The van der Waals surface area contributed by atoms with Crippen molar-refractivity contribution in [2.45, 2.75) is 20.5 Å². The molecule has 0 radical (unpaired) electrons. The minimum atomic E-state index is -0.508. The highest BCUT2D eigenvalue weighted by Crippen LogP contribution is 2.33. The first kappa shape index (κ1) is 26.6. The number of benzene rings is 2. The lowest BCUT2D eigenvalue weighted by Gasteiger charge is -2.10. The molecule has 4 aromatic rings. The molecule has 1 amide bonds. The molecule has 0 saturated heterocycles. The van der Waals surface area contributed by atoms with Crippen molar-refractivity contribution in [1.82, 2.24) is 9.99 Å². The molecule has 1 N–H and O–H groups in total. The van der Waals surface area contributed by atoms with E-state index in [1.54, 1.807) is 24.3 Å². The number of furan rings is 1. The zero-order chi connectivity index (χ0) is 27.1. The first-order valence-electron chi connectivity index (χ1n) is 11.6. The number of methoxy groups -OCH3 is 1. The van der Waals surface area contributed by atoms with Crippen LogP contribution in [0, 0.1) is 25.2 Å². The van der Waals surface area contributed by atoms with Crippen molar-refractivity contribution in [3.05, 3.63) is 93.6 Å². The lowest BCUT2D eigenvalue weighted by molar-refractivity contribution is 0.0923. The third-order valence-electron chi connectivity index (χ3n) is 5.58. The number of halogens is 1. The Morgan fingerprint density at radius 1 is 1.08 bits per heavy atom. The molecule has 2 aromatic heterocycles. The summed E-state index contributed by atoms with van der Waals surface area (Å²) in [5, 5.41) is 12.7. The molecule has 0 unspecified atom stereocenters. The maximum atomic E-state index is 12.5. The fourth-order valence-corrected chi connectivity index (χ4v) is 4.17. The molecule has 0 spiro atoms. The summed E-state index contributed by atoms with van der Waals surface area (Å²) in [4.78, 5) is 12.5. The number of carbonyl (C=O) groups is 1. The molecule has 10 heteroatoms. The van der Waals surface area contributed by atoms with E-state index in [1.165, 1.54) is 13.3 Å². The van der Waals surface area contributed by atoms with E-state index >= 15 is 0 Å². The van der Waals surface area contributed by atoms with Crippen molar-refractivity contribution in [3.63, 3.8) is 0 Å². The van der Waals surface area contributed by atoms with E-state index in [0.29, 0.717) is 33.0 Å². The Bertz CT molecular complexity index is 1480. The van der Waals surface area contributed by atoms with E-state index in [1.807, 2.05) is 30.3 Å². The molecule has 194 valence electrons. The zero-order valence-corrected chi connectivity index (χ0v) is 22.6. The number of amides is 1. The number of nitriles is 1. The smallest absolute Gasteiger partial charge is 0.307 e. The fraction of sp³-hybridized carbons (Fsp3) is 0.179. The zero-order valence-electron chi connectivity index (χ0n) is 21.0. The third-order valence-corrected chi connectivity index (χ3v) is 6.26. The minimum absolute atomic E-state index is 0.103. The van der Waals surface area contributed by atoms with Crippen LogP contribution in [0.5, 0.6) is 17.2 Å². The van der Waals surface area contributed by atoms with Crippen LogP contribution in [0.15, 0.2) is 74.7 Å². The lowest BCUT2D eigenvalue weighted by atomic mass is 10.2. The summed E-state index contributed by atoms with van der Waals surface area (Å²) >= 11 is 3.42. The molecule has 0 aliphatic heterocycles. The van der Waals surface area contributed by atoms with E-state index in [4.69, 9.17) is 23.9 Å². The summed E-state index contributed by atoms with van der Waals surface area (Å²) in [6.45, 7) is 4.19. The van der Waals surface area contributed by atoms with Crippen molar-refractivity contribution in [2.24, 2.45) is 5.10 Å². The van der Waals surface area contributed by atoms with Crippen LogP contribution in [0.4, 0.5) is 0 Å². The van der Waals surface area contributed by atoms with E-state index in [2.05, 4.69) is 57.0 Å². The van der Waals surface area contributed by atoms with Gasteiger partial charge in [-0.15, -0.1) is 0 Å². The predicted octanol–water partition coefficient (Wildman–Crippen LogP) is 5.70. The summed E-state index contributed by atoms with van der Waals surface area (Å²) in [7, 11) is 1.49. The molecule has 4 rings (SSSR count). The van der Waals surface area contributed by atoms with Crippen LogP contribution < -0.4 is 19.6 Å². The number of carbonyl (C=O) groups excluding carboxylic acids is 1. The van der Waals surface area contributed by atoms with Crippen LogP contribution in [-0.4, -0.2) is 30.4 Å². The minimum Gasteiger partial charge on any atom is -0.493 e. The van der Waals surface area contributed by atoms with E-state index in [0.717, 1.165) is 17.1 Å². The van der Waals surface area contributed by atoms with Crippen LogP contribution in [-0.2, 0) is 6.61 Å². The van der Waals surface area contributed by atoms with E-state index in [9.17, 15) is 4.79 Å². The van der Waals surface area contributed by atoms with Crippen molar-refractivity contribution >= 4 is 28.1 Å². The number of hydrogen-bond acceptors (Lipinski definition) is 7. The maximum Gasteiger partial charge on any atom is 0.307 e. The van der Waals surface area contributed by atoms with Gasteiger partial charge < -0.3 is 23.2 Å².